The van der Waals surface area contributed by atoms with E-state index in [0.717, 1.165) is 0 Å². The predicted molar refractivity (Wildman–Crippen MR) is 96.5 cm³/mol. The molecule has 0 atom stereocenters. The standard InChI is InChI=1S/C17H16FN5S/c1-12-6-2-3-7-13(12)10-23-11-19-16(22-23)21-17(24)20-15-9-5-4-8-14(15)18/h2-9,11H,10H2,1H3,(H2,20,21,22,24). The lowest BCUT2D eigenvalue weighted by Crippen LogP contribution is -2.20. The summed E-state index contributed by atoms with van der Waals surface area (Å²) in [4.78, 5) is 4.17. The second-order valence-corrected chi connectivity index (χ2v) is 5.66. The summed E-state index contributed by atoms with van der Waals surface area (Å²) < 4.78 is 15.3. The number of benzene rings is 2. The number of para-hydroxylation sites is 1. The molecular formula is C17H16FN5S. The number of hydrogen-bond acceptors (Lipinski definition) is 3. The normalized spacial score (nSPS) is 10.4. The molecule has 0 radical (unpaired) electrons. The fourth-order valence-corrected chi connectivity index (χ4v) is 2.41. The molecule has 24 heavy (non-hydrogen) atoms. The van der Waals surface area contributed by atoms with Gasteiger partial charge in [0, 0.05) is 0 Å². The summed E-state index contributed by atoms with van der Waals surface area (Å²) in [5.74, 6) is -0.0166. The van der Waals surface area contributed by atoms with Gasteiger partial charge in [-0.25, -0.2) is 14.1 Å². The Morgan fingerprint density at radius 3 is 2.67 bits per heavy atom. The van der Waals surface area contributed by atoms with Crippen molar-refractivity contribution in [3.63, 3.8) is 0 Å². The zero-order valence-corrected chi connectivity index (χ0v) is 13.8. The maximum atomic E-state index is 13.6. The summed E-state index contributed by atoms with van der Waals surface area (Å²) in [5, 5.41) is 10.2. The molecule has 0 spiro atoms. The number of nitrogens with zero attached hydrogens (tertiary/aromatic N) is 3. The van der Waals surface area contributed by atoms with Gasteiger partial charge in [-0.1, -0.05) is 36.4 Å². The molecule has 0 saturated carbocycles. The minimum Gasteiger partial charge on any atom is -0.330 e. The van der Waals surface area contributed by atoms with Crippen molar-refractivity contribution in [2.45, 2.75) is 13.5 Å². The smallest absolute Gasteiger partial charge is 0.248 e. The zero-order valence-electron chi connectivity index (χ0n) is 13.0. The first-order valence-electron chi connectivity index (χ1n) is 7.38. The number of rotatable bonds is 4. The average Bonchev–Trinajstić information content (AvgIpc) is 2.99. The topological polar surface area (TPSA) is 54.8 Å². The van der Waals surface area contributed by atoms with Crippen LogP contribution in [-0.2, 0) is 6.54 Å². The number of anilines is 2. The van der Waals surface area contributed by atoms with Gasteiger partial charge in [-0.3, -0.25) is 5.32 Å². The van der Waals surface area contributed by atoms with Crippen molar-refractivity contribution in [2.24, 2.45) is 0 Å². The monoisotopic (exact) mass is 341 g/mol. The van der Waals surface area contributed by atoms with Gasteiger partial charge in [0.05, 0.1) is 12.2 Å². The van der Waals surface area contributed by atoms with Gasteiger partial charge in [-0.15, -0.1) is 5.10 Å². The molecule has 0 amide bonds. The van der Waals surface area contributed by atoms with Crippen LogP contribution < -0.4 is 10.6 Å². The Labute approximate surface area is 144 Å². The van der Waals surface area contributed by atoms with E-state index in [9.17, 15) is 4.39 Å². The highest BCUT2D eigenvalue weighted by molar-refractivity contribution is 7.80. The van der Waals surface area contributed by atoms with Gasteiger partial charge in [0.25, 0.3) is 0 Å². The van der Waals surface area contributed by atoms with Crippen molar-refractivity contribution in [3.8, 4) is 0 Å². The molecule has 0 bridgehead atoms. The molecule has 2 aromatic carbocycles. The van der Waals surface area contributed by atoms with E-state index in [-0.39, 0.29) is 10.9 Å². The number of nitrogens with one attached hydrogen (secondary N) is 2. The van der Waals surface area contributed by atoms with Crippen molar-refractivity contribution in [3.05, 3.63) is 71.8 Å². The van der Waals surface area contributed by atoms with Crippen LogP contribution in [0.4, 0.5) is 16.0 Å². The molecule has 1 heterocycles. The minimum atomic E-state index is -0.375. The van der Waals surface area contributed by atoms with Crippen molar-refractivity contribution < 1.29 is 4.39 Å². The number of aryl methyl sites for hydroxylation is 1. The Hall–Kier alpha value is -2.80. The van der Waals surface area contributed by atoms with Crippen LogP contribution in [0, 0.1) is 12.7 Å². The lowest BCUT2D eigenvalue weighted by atomic mass is 10.1. The van der Waals surface area contributed by atoms with E-state index in [1.165, 1.54) is 17.2 Å². The highest BCUT2D eigenvalue weighted by Crippen LogP contribution is 2.13. The van der Waals surface area contributed by atoms with E-state index in [2.05, 4.69) is 39.8 Å². The molecule has 0 aliphatic heterocycles. The lowest BCUT2D eigenvalue weighted by Gasteiger charge is -2.08. The molecule has 0 fully saturated rings. The molecule has 0 unspecified atom stereocenters. The van der Waals surface area contributed by atoms with Crippen LogP contribution in [0.25, 0.3) is 0 Å². The Balaban J connectivity index is 1.63. The second-order valence-electron chi connectivity index (χ2n) is 5.25. The summed E-state index contributed by atoms with van der Waals surface area (Å²) in [5.41, 5.74) is 2.66. The van der Waals surface area contributed by atoms with E-state index in [1.54, 1.807) is 29.2 Å². The van der Waals surface area contributed by atoms with Crippen molar-refractivity contribution in [1.82, 2.24) is 14.8 Å². The average molecular weight is 341 g/mol. The third-order valence-electron chi connectivity index (χ3n) is 3.48. The molecule has 3 aromatic rings. The summed E-state index contributed by atoms with van der Waals surface area (Å²) >= 11 is 5.16. The number of halogens is 1. The first-order valence-corrected chi connectivity index (χ1v) is 7.79. The summed E-state index contributed by atoms with van der Waals surface area (Å²) in [7, 11) is 0. The van der Waals surface area contributed by atoms with Gasteiger partial charge in [-0.05, 0) is 42.4 Å². The molecule has 7 heteroatoms. The molecule has 2 N–H and O–H groups in total. The van der Waals surface area contributed by atoms with E-state index in [4.69, 9.17) is 12.2 Å². The largest absolute Gasteiger partial charge is 0.330 e. The first-order chi connectivity index (χ1) is 11.6. The Morgan fingerprint density at radius 1 is 1.12 bits per heavy atom. The SMILES string of the molecule is Cc1ccccc1Cn1cnc(NC(=S)Nc2ccccc2F)n1. The van der Waals surface area contributed by atoms with Crippen LogP contribution in [0.3, 0.4) is 0 Å². The van der Waals surface area contributed by atoms with Crippen molar-refractivity contribution in [2.75, 3.05) is 10.6 Å². The van der Waals surface area contributed by atoms with Crippen LogP contribution in [0.1, 0.15) is 11.1 Å². The number of hydrogen-bond donors (Lipinski definition) is 2. The predicted octanol–water partition coefficient (Wildman–Crippen LogP) is 3.58. The van der Waals surface area contributed by atoms with Crippen LogP contribution in [-0.4, -0.2) is 19.9 Å². The highest BCUT2D eigenvalue weighted by atomic mass is 32.1. The molecule has 0 aliphatic carbocycles. The molecule has 122 valence electrons. The number of thiocarbonyl (C=S) groups is 1. The van der Waals surface area contributed by atoms with Gasteiger partial charge in [-0.2, -0.15) is 0 Å². The van der Waals surface area contributed by atoms with Crippen molar-refractivity contribution in [1.29, 1.82) is 0 Å². The summed E-state index contributed by atoms with van der Waals surface area (Å²) in [6.07, 6.45) is 1.63. The molecular weight excluding hydrogens is 325 g/mol. The van der Waals surface area contributed by atoms with Crippen molar-refractivity contribution >= 4 is 29.0 Å². The van der Waals surface area contributed by atoms with Gasteiger partial charge >= 0.3 is 0 Å². The van der Waals surface area contributed by atoms with E-state index < -0.39 is 0 Å². The maximum absolute atomic E-state index is 13.6. The third kappa shape index (κ3) is 3.94. The Kier molecular flexibility index (Phi) is 4.81. The molecule has 1 aromatic heterocycles. The van der Waals surface area contributed by atoms with Gasteiger partial charge in [0.1, 0.15) is 12.1 Å². The fraction of sp³-hybridized carbons (Fsp3) is 0.118. The lowest BCUT2D eigenvalue weighted by molar-refractivity contribution is 0.632. The zero-order chi connectivity index (χ0) is 16.9. The second kappa shape index (κ2) is 7.18. The van der Waals surface area contributed by atoms with Gasteiger partial charge in [0.2, 0.25) is 5.95 Å². The fourth-order valence-electron chi connectivity index (χ4n) is 2.21. The Bertz CT molecular complexity index is 861. The van der Waals surface area contributed by atoms with Crippen LogP contribution in [0.2, 0.25) is 0 Å². The van der Waals surface area contributed by atoms with Crippen LogP contribution in [0.5, 0.6) is 0 Å². The van der Waals surface area contributed by atoms with Gasteiger partial charge in [0.15, 0.2) is 5.11 Å². The first kappa shape index (κ1) is 16.1. The molecule has 0 saturated heterocycles. The highest BCUT2D eigenvalue weighted by Gasteiger charge is 2.07. The molecule has 3 rings (SSSR count). The summed E-state index contributed by atoms with van der Waals surface area (Å²) in [6.45, 7) is 2.67. The quantitative estimate of drug-likeness (QED) is 0.711. The minimum absolute atomic E-state index is 0.230. The van der Waals surface area contributed by atoms with E-state index in [0.29, 0.717) is 18.2 Å². The number of aromatic nitrogens is 3. The summed E-state index contributed by atoms with van der Waals surface area (Å²) in [6, 6.07) is 14.4. The van der Waals surface area contributed by atoms with Gasteiger partial charge < -0.3 is 5.32 Å². The maximum Gasteiger partial charge on any atom is 0.248 e. The van der Waals surface area contributed by atoms with Crippen LogP contribution in [0.15, 0.2) is 54.9 Å². The van der Waals surface area contributed by atoms with E-state index >= 15 is 0 Å². The van der Waals surface area contributed by atoms with Crippen LogP contribution >= 0.6 is 12.2 Å². The van der Waals surface area contributed by atoms with E-state index in [1.807, 2.05) is 12.1 Å². The molecule has 0 aliphatic rings. The molecule has 5 nitrogen and oxygen atoms in total. The third-order valence-corrected chi connectivity index (χ3v) is 3.68. The Morgan fingerprint density at radius 2 is 1.88 bits per heavy atom.